The van der Waals surface area contributed by atoms with Crippen molar-refractivity contribution in [3.63, 3.8) is 0 Å². The van der Waals surface area contributed by atoms with Gasteiger partial charge in [-0.15, -0.1) is 0 Å². The second-order valence-electron chi connectivity index (χ2n) is 6.01. The lowest BCUT2D eigenvalue weighted by molar-refractivity contribution is -0.137. The molecule has 4 heteroatoms. The van der Waals surface area contributed by atoms with E-state index in [2.05, 4.69) is 6.92 Å². The second-order valence-corrected chi connectivity index (χ2v) is 6.01. The fourth-order valence-electron chi connectivity index (χ4n) is 3.86. The highest BCUT2D eigenvalue weighted by atomic mass is 16.2. The maximum atomic E-state index is 11.9. The number of aromatic nitrogens is 1. The van der Waals surface area contributed by atoms with E-state index in [1.54, 1.807) is 16.7 Å². The molecule has 1 amide bonds. The Labute approximate surface area is 113 Å². The highest BCUT2D eigenvalue weighted by Gasteiger charge is 2.48. The fourth-order valence-corrected chi connectivity index (χ4v) is 3.86. The first-order chi connectivity index (χ1) is 9.08. The number of carbonyl (C=O) groups is 1. The molecule has 4 nitrogen and oxygen atoms in total. The Bertz CT molecular complexity index is 551. The van der Waals surface area contributed by atoms with Gasteiger partial charge in [0, 0.05) is 44.2 Å². The molecule has 2 heterocycles. The summed E-state index contributed by atoms with van der Waals surface area (Å²) < 4.78 is 1.78. The minimum atomic E-state index is 0.0501. The lowest BCUT2D eigenvalue weighted by atomic mass is 9.83. The summed E-state index contributed by atoms with van der Waals surface area (Å²) in [4.78, 5) is 25.7. The van der Waals surface area contributed by atoms with Crippen LogP contribution in [0.5, 0.6) is 0 Å². The molecule has 0 spiro atoms. The summed E-state index contributed by atoms with van der Waals surface area (Å²) in [5.74, 6) is 1.68. The van der Waals surface area contributed by atoms with E-state index in [9.17, 15) is 9.59 Å². The van der Waals surface area contributed by atoms with Gasteiger partial charge in [0.05, 0.1) is 0 Å². The zero-order chi connectivity index (χ0) is 13.6. The first kappa shape index (κ1) is 12.5. The minimum absolute atomic E-state index is 0.0501. The van der Waals surface area contributed by atoms with Crippen LogP contribution in [0, 0.1) is 17.8 Å². The molecule has 4 atom stereocenters. The van der Waals surface area contributed by atoms with Crippen LogP contribution in [0.25, 0.3) is 0 Å². The van der Waals surface area contributed by atoms with Gasteiger partial charge in [0.1, 0.15) is 0 Å². The number of hydrogen-bond acceptors (Lipinski definition) is 2. The van der Waals surface area contributed by atoms with Crippen molar-refractivity contribution < 1.29 is 4.79 Å². The Hall–Kier alpha value is -1.58. The van der Waals surface area contributed by atoms with Gasteiger partial charge in [-0.1, -0.05) is 13.0 Å². The smallest absolute Gasteiger partial charge is 0.250 e. The van der Waals surface area contributed by atoms with Gasteiger partial charge in [-0.2, -0.15) is 0 Å². The van der Waals surface area contributed by atoms with Gasteiger partial charge in [-0.05, 0) is 24.3 Å². The molecule has 3 rings (SSSR count). The number of fused-ring (bicyclic) bond motifs is 2. The maximum absolute atomic E-state index is 11.9. The summed E-state index contributed by atoms with van der Waals surface area (Å²) >= 11 is 0. The summed E-state index contributed by atoms with van der Waals surface area (Å²) in [6, 6.07) is 5.56. The first-order valence-electron chi connectivity index (χ1n) is 6.99. The largest absolute Gasteiger partial charge is 0.342 e. The van der Waals surface area contributed by atoms with E-state index >= 15 is 0 Å². The number of likely N-dealkylation sites (tertiary alicyclic amines) is 1. The molecular formula is C15H20N2O2. The van der Waals surface area contributed by atoms with Crippen molar-refractivity contribution >= 4 is 5.91 Å². The van der Waals surface area contributed by atoms with Crippen LogP contribution >= 0.6 is 0 Å². The molecule has 3 unspecified atom stereocenters. The second kappa shape index (κ2) is 4.51. The number of nitrogens with zero attached hydrogens (tertiary/aromatic N) is 2. The minimum Gasteiger partial charge on any atom is -0.342 e. The molecule has 1 saturated carbocycles. The monoisotopic (exact) mass is 260 g/mol. The topological polar surface area (TPSA) is 42.3 Å². The predicted octanol–water partition coefficient (Wildman–Crippen LogP) is 1.35. The van der Waals surface area contributed by atoms with Crippen molar-refractivity contribution in [1.82, 2.24) is 9.47 Å². The first-order valence-corrected chi connectivity index (χ1v) is 6.99. The third kappa shape index (κ3) is 1.99. The van der Waals surface area contributed by atoms with Crippen molar-refractivity contribution in [2.24, 2.45) is 17.8 Å². The summed E-state index contributed by atoms with van der Waals surface area (Å²) in [6.07, 6.45) is 3.56. The Balaban J connectivity index is 1.88. The molecule has 0 N–H and O–H groups in total. The van der Waals surface area contributed by atoms with E-state index in [0.29, 0.717) is 30.2 Å². The van der Waals surface area contributed by atoms with Crippen LogP contribution in [-0.4, -0.2) is 28.5 Å². The van der Waals surface area contributed by atoms with E-state index in [1.807, 2.05) is 24.2 Å². The molecule has 2 bridgehead atoms. The van der Waals surface area contributed by atoms with Crippen LogP contribution in [0.1, 0.15) is 19.8 Å². The lowest BCUT2D eigenvalue weighted by Crippen LogP contribution is -2.47. The molecule has 0 aromatic carbocycles. The van der Waals surface area contributed by atoms with Crippen molar-refractivity contribution in [2.75, 3.05) is 7.05 Å². The van der Waals surface area contributed by atoms with Gasteiger partial charge in [-0.3, -0.25) is 9.59 Å². The molecule has 19 heavy (non-hydrogen) atoms. The number of rotatable bonds is 2. The van der Waals surface area contributed by atoms with Gasteiger partial charge in [0.25, 0.3) is 5.56 Å². The van der Waals surface area contributed by atoms with Gasteiger partial charge < -0.3 is 9.47 Å². The summed E-state index contributed by atoms with van der Waals surface area (Å²) in [5.41, 5.74) is 0.0501. The molecule has 102 valence electrons. The number of amides is 1. The van der Waals surface area contributed by atoms with Gasteiger partial charge in [-0.25, -0.2) is 0 Å². The molecular weight excluding hydrogens is 240 g/mol. The standard InChI is InChI=1S/C15H20N2O2/c1-10-7-13-12(11(10)8-15(19)16(13)2)9-17-6-4-3-5-14(17)18/h3-6,10-13H,7-9H2,1-2H3/t10-,11?,12?,13?/m1/s1. The van der Waals surface area contributed by atoms with E-state index in [4.69, 9.17) is 0 Å². The van der Waals surface area contributed by atoms with E-state index in [1.165, 1.54) is 0 Å². The fraction of sp³-hybridized carbons (Fsp3) is 0.600. The van der Waals surface area contributed by atoms with E-state index in [-0.39, 0.29) is 11.5 Å². The zero-order valence-electron chi connectivity index (χ0n) is 11.5. The van der Waals surface area contributed by atoms with Crippen LogP contribution in [0.15, 0.2) is 29.2 Å². The molecule has 2 fully saturated rings. The van der Waals surface area contributed by atoms with Gasteiger partial charge >= 0.3 is 0 Å². The predicted molar refractivity (Wildman–Crippen MR) is 72.6 cm³/mol. The van der Waals surface area contributed by atoms with Crippen LogP contribution in [0.4, 0.5) is 0 Å². The quantitative estimate of drug-likeness (QED) is 0.805. The molecule has 1 saturated heterocycles. The summed E-state index contributed by atoms with van der Waals surface area (Å²) in [5, 5.41) is 0. The van der Waals surface area contributed by atoms with Crippen LogP contribution in [-0.2, 0) is 11.3 Å². The lowest BCUT2D eigenvalue weighted by Gasteiger charge is -2.37. The normalized spacial score (nSPS) is 33.8. The van der Waals surface area contributed by atoms with Crippen molar-refractivity contribution in [3.05, 3.63) is 34.7 Å². The molecule has 1 aromatic heterocycles. The highest BCUT2D eigenvalue weighted by Crippen LogP contribution is 2.45. The molecule has 2 aliphatic rings. The Morgan fingerprint density at radius 3 is 2.84 bits per heavy atom. The average molecular weight is 260 g/mol. The molecule has 1 aromatic rings. The van der Waals surface area contributed by atoms with Crippen molar-refractivity contribution in [3.8, 4) is 0 Å². The van der Waals surface area contributed by atoms with E-state index < -0.39 is 0 Å². The Morgan fingerprint density at radius 2 is 2.11 bits per heavy atom. The number of hydrogen-bond donors (Lipinski definition) is 0. The van der Waals surface area contributed by atoms with Crippen LogP contribution < -0.4 is 5.56 Å². The maximum Gasteiger partial charge on any atom is 0.250 e. The third-order valence-electron chi connectivity index (χ3n) is 5.00. The molecule has 1 aliphatic heterocycles. The number of carbonyl (C=O) groups excluding carboxylic acids is 1. The average Bonchev–Trinajstić information content (AvgIpc) is 2.62. The van der Waals surface area contributed by atoms with E-state index in [0.717, 1.165) is 13.0 Å². The summed E-state index contributed by atoms with van der Waals surface area (Å²) in [7, 11) is 1.90. The van der Waals surface area contributed by atoms with Crippen LogP contribution in [0.3, 0.4) is 0 Å². The molecule has 1 aliphatic carbocycles. The van der Waals surface area contributed by atoms with Gasteiger partial charge in [0.15, 0.2) is 0 Å². The van der Waals surface area contributed by atoms with Crippen molar-refractivity contribution in [2.45, 2.75) is 32.4 Å². The van der Waals surface area contributed by atoms with Gasteiger partial charge in [0.2, 0.25) is 5.91 Å². The number of pyridine rings is 1. The zero-order valence-corrected chi connectivity index (χ0v) is 11.5. The molecule has 0 radical (unpaired) electrons. The number of piperidine rings is 1. The Kier molecular flexibility index (Phi) is 2.96. The third-order valence-corrected chi connectivity index (χ3v) is 5.00. The van der Waals surface area contributed by atoms with Crippen LogP contribution in [0.2, 0.25) is 0 Å². The van der Waals surface area contributed by atoms with Crippen molar-refractivity contribution in [1.29, 1.82) is 0 Å². The summed E-state index contributed by atoms with van der Waals surface area (Å²) in [6.45, 7) is 2.97. The SMILES string of the molecule is C[C@@H]1CC2C(Cn3ccccc3=O)C1CC(=O)N2C. The Morgan fingerprint density at radius 1 is 1.32 bits per heavy atom. The highest BCUT2D eigenvalue weighted by molar-refractivity contribution is 5.78.